The normalized spacial score (nSPS) is 12.9. The Labute approximate surface area is 78.0 Å². The molecule has 1 aromatic rings. The highest BCUT2D eigenvalue weighted by atomic mass is 35.5. The van der Waals surface area contributed by atoms with Gasteiger partial charge in [-0.3, -0.25) is 0 Å². The number of alkyl halides is 1. The molecule has 0 aliphatic carbocycles. The van der Waals surface area contributed by atoms with E-state index in [0.29, 0.717) is 0 Å². The Morgan fingerprint density at radius 2 is 2.08 bits per heavy atom. The summed E-state index contributed by atoms with van der Waals surface area (Å²) >= 11 is 5.82. The molecule has 0 spiro atoms. The quantitative estimate of drug-likeness (QED) is 0.714. The Balaban J connectivity index is 2.69. The summed E-state index contributed by atoms with van der Waals surface area (Å²) in [6, 6.07) is 8.08. The first kappa shape index (κ1) is 9.56. The van der Waals surface area contributed by atoms with Crippen LogP contribution < -0.4 is 0 Å². The number of aryl methyl sites for hydroxylation is 1. The fourth-order valence-corrected chi connectivity index (χ4v) is 1.31. The van der Waals surface area contributed by atoms with E-state index < -0.39 is 0 Å². The molecule has 0 saturated heterocycles. The van der Waals surface area contributed by atoms with Crippen LogP contribution in [-0.2, 0) is 6.42 Å². The highest BCUT2D eigenvalue weighted by Crippen LogP contribution is 2.12. The van der Waals surface area contributed by atoms with Crippen LogP contribution >= 0.6 is 11.6 Å². The van der Waals surface area contributed by atoms with Crippen LogP contribution in [0.1, 0.15) is 11.1 Å². The average Bonchev–Trinajstić information content (AvgIpc) is 2.09. The number of benzene rings is 1. The molecule has 0 aromatic heterocycles. The molecule has 12 heavy (non-hydrogen) atoms. The minimum atomic E-state index is -0.161. The predicted octanol–water partition coefficient (Wildman–Crippen LogP) is 2.14. The zero-order chi connectivity index (χ0) is 8.97. The summed E-state index contributed by atoms with van der Waals surface area (Å²) in [4.78, 5) is 0. The molecule has 0 aliphatic rings. The first-order valence-corrected chi connectivity index (χ1v) is 4.47. The topological polar surface area (TPSA) is 20.2 Å². The van der Waals surface area contributed by atoms with Gasteiger partial charge in [-0.05, 0) is 24.5 Å². The maximum absolute atomic E-state index is 8.76. The fraction of sp³-hybridized carbons (Fsp3) is 0.400. The highest BCUT2D eigenvalue weighted by molar-refractivity contribution is 6.20. The molecule has 0 bridgehead atoms. The van der Waals surface area contributed by atoms with Crippen LogP contribution in [0.5, 0.6) is 0 Å². The van der Waals surface area contributed by atoms with E-state index in [1.807, 2.05) is 18.2 Å². The number of aliphatic hydroxyl groups excluding tert-OH is 1. The molecule has 0 radical (unpaired) electrons. The van der Waals surface area contributed by atoms with E-state index in [9.17, 15) is 0 Å². The van der Waals surface area contributed by atoms with Gasteiger partial charge in [0.15, 0.2) is 0 Å². The third-order valence-corrected chi connectivity index (χ3v) is 2.19. The second kappa shape index (κ2) is 4.48. The first-order valence-electron chi connectivity index (χ1n) is 4.03. The molecule has 0 fully saturated rings. The SMILES string of the molecule is Cc1ccccc1CC(Cl)CO. The van der Waals surface area contributed by atoms with Gasteiger partial charge >= 0.3 is 0 Å². The van der Waals surface area contributed by atoms with Crippen LogP contribution in [0.15, 0.2) is 24.3 Å². The van der Waals surface area contributed by atoms with Crippen molar-refractivity contribution in [2.75, 3.05) is 6.61 Å². The number of aliphatic hydroxyl groups is 1. The Morgan fingerprint density at radius 1 is 1.42 bits per heavy atom. The van der Waals surface area contributed by atoms with E-state index >= 15 is 0 Å². The van der Waals surface area contributed by atoms with Gasteiger partial charge in [0.2, 0.25) is 0 Å². The van der Waals surface area contributed by atoms with Crippen molar-refractivity contribution in [3.05, 3.63) is 35.4 Å². The van der Waals surface area contributed by atoms with Gasteiger partial charge in [-0.2, -0.15) is 0 Å². The minimum Gasteiger partial charge on any atom is -0.395 e. The Morgan fingerprint density at radius 3 is 2.67 bits per heavy atom. The smallest absolute Gasteiger partial charge is 0.0607 e. The molecule has 0 amide bonds. The predicted molar refractivity (Wildman–Crippen MR) is 51.6 cm³/mol. The van der Waals surface area contributed by atoms with Crippen molar-refractivity contribution in [2.45, 2.75) is 18.7 Å². The lowest BCUT2D eigenvalue weighted by Crippen LogP contribution is -2.09. The largest absolute Gasteiger partial charge is 0.395 e. The Kier molecular flexibility index (Phi) is 3.57. The summed E-state index contributed by atoms with van der Waals surface area (Å²) in [7, 11) is 0. The molecular formula is C10H13ClO. The molecule has 2 heteroatoms. The zero-order valence-electron chi connectivity index (χ0n) is 7.13. The lowest BCUT2D eigenvalue weighted by atomic mass is 10.0. The first-order chi connectivity index (χ1) is 5.74. The van der Waals surface area contributed by atoms with E-state index in [-0.39, 0.29) is 12.0 Å². The van der Waals surface area contributed by atoms with Gasteiger partial charge < -0.3 is 5.11 Å². The van der Waals surface area contributed by atoms with Crippen molar-refractivity contribution in [2.24, 2.45) is 0 Å². The molecule has 0 aliphatic heterocycles. The number of hydrogen-bond acceptors (Lipinski definition) is 1. The molecule has 1 N–H and O–H groups in total. The molecule has 1 atom stereocenters. The Hall–Kier alpha value is -0.530. The second-order valence-corrected chi connectivity index (χ2v) is 3.53. The van der Waals surface area contributed by atoms with Gasteiger partial charge in [-0.1, -0.05) is 24.3 Å². The molecule has 1 unspecified atom stereocenters. The molecule has 1 nitrogen and oxygen atoms in total. The van der Waals surface area contributed by atoms with Gasteiger partial charge in [-0.15, -0.1) is 11.6 Å². The van der Waals surface area contributed by atoms with Crippen LogP contribution in [0.3, 0.4) is 0 Å². The molecule has 0 heterocycles. The number of halogens is 1. The lowest BCUT2D eigenvalue weighted by molar-refractivity contribution is 0.292. The van der Waals surface area contributed by atoms with Gasteiger partial charge in [-0.25, -0.2) is 0 Å². The van der Waals surface area contributed by atoms with Gasteiger partial charge in [0.05, 0.1) is 12.0 Å². The molecule has 1 rings (SSSR count). The number of hydrogen-bond donors (Lipinski definition) is 1. The molecule has 66 valence electrons. The summed E-state index contributed by atoms with van der Waals surface area (Å²) in [6.07, 6.45) is 0.741. The van der Waals surface area contributed by atoms with Gasteiger partial charge in [0.1, 0.15) is 0 Å². The maximum Gasteiger partial charge on any atom is 0.0607 e. The number of rotatable bonds is 3. The van der Waals surface area contributed by atoms with Crippen LogP contribution in [0, 0.1) is 6.92 Å². The van der Waals surface area contributed by atoms with E-state index in [1.54, 1.807) is 0 Å². The second-order valence-electron chi connectivity index (χ2n) is 2.91. The summed E-state index contributed by atoms with van der Waals surface area (Å²) in [5, 5.41) is 8.59. The highest BCUT2D eigenvalue weighted by Gasteiger charge is 2.05. The van der Waals surface area contributed by atoms with Crippen molar-refractivity contribution >= 4 is 11.6 Å². The summed E-state index contributed by atoms with van der Waals surface area (Å²) < 4.78 is 0. The van der Waals surface area contributed by atoms with Crippen molar-refractivity contribution < 1.29 is 5.11 Å². The third-order valence-electron chi connectivity index (χ3n) is 1.90. The van der Waals surface area contributed by atoms with Gasteiger partial charge in [0, 0.05) is 0 Å². The summed E-state index contributed by atoms with van der Waals surface area (Å²) in [5.41, 5.74) is 2.45. The summed E-state index contributed by atoms with van der Waals surface area (Å²) in [6.45, 7) is 2.09. The average molecular weight is 185 g/mol. The maximum atomic E-state index is 8.76. The summed E-state index contributed by atoms with van der Waals surface area (Å²) in [5.74, 6) is 0. The Bertz CT molecular complexity index is 247. The van der Waals surface area contributed by atoms with E-state index in [4.69, 9.17) is 16.7 Å². The van der Waals surface area contributed by atoms with Crippen LogP contribution in [0.2, 0.25) is 0 Å². The van der Waals surface area contributed by atoms with Gasteiger partial charge in [0.25, 0.3) is 0 Å². The van der Waals surface area contributed by atoms with E-state index in [0.717, 1.165) is 6.42 Å². The van der Waals surface area contributed by atoms with Crippen molar-refractivity contribution in [3.63, 3.8) is 0 Å². The van der Waals surface area contributed by atoms with Crippen molar-refractivity contribution in [1.82, 2.24) is 0 Å². The molecule has 1 aromatic carbocycles. The minimum absolute atomic E-state index is 0.0376. The van der Waals surface area contributed by atoms with Crippen LogP contribution in [0.4, 0.5) is 0 Å². The van der Waals surface area contributed by atoms with E-state index in [2.05, 4.69) is 13.0 Å². The van der Waals surface area contributed by atoms with E-state index in [1.165, 1.54) is 11.1 Å². The monoisotopic (exact) mass is 184 g/mol. The van der Waals surface area contributed by atoms with Crippen molar-refractivity contribution in [3.8, 4) is 0 Å². The standard InChI is InChI=1S/C10H13ClO/c1-8-4-2-3-5-9(8)6-10(11)7-12/h2-5,10,12H,6-7H2,1H3. The lowest BCUT2D eigenvalue weighted by Gasteiger charge is -2.07. The van der Waals surface area contributed by atoms with Crippen molar-refractivity contribution in [1.29, 1.82) is 0 Å². The van der Waals surface area contributed by atoms with Crippen LogP contribution in [0.25, 0.3) is 0 Å². The van der Waals surface area contributed by atoms with Crippen LogP contribution in [-0.4, -0.2) is 17.1 Å². The zero-order valence-corrected chi connectivity index (χ0v) is 7.88. The third kappa shape index (κ3) is 2.50. The molecule has 0 saturated carbocycles. The fourth-order valence-electron chi connectivity index (χ4n) is 1.14. The molecular weight excluding hydrogens is 172 g/mol.